The zero-order valence-electron chi connectivity index (χ0n) is 13.6. The highest BCUT2D eigenvalue weighted by Crippen LogP contribution is 2.33. The van der Waals surface area contributed by atoms with Crippen LogP contribution in [0.3, 0.4) is 0 Å². The van der Waals surface area contributed by atoms with Gasteiger partial charge in [-0.1, -0.05) is 12.8 Å². The summed E-state index contributed by atoms with van der Waals surface area (Å²) in [6.45, 7) is 4.76. The van der Waals surface area contributed by atoms with Crippen molar-refractivity contribution >= 4 is 17.2 Å². The molecule has 1 saturated carbocycles. The van der Waals surface area contributed by atoms with Crippen LogP contribution in [0.25, 0.3) is 0 Å². The molecule has 2 aliphatic rings. The van der Waals surface area contributed by atoms with Crippen molar-refractivity contribution in [3.05, 3.63) is 16.1 Å². The van der Waals surface area contributed by atoms with Gasteiger partial charge >= 0.3 is 0 Å². The maximum atomic E-state index is 12.9. The first kappa shape index (κ1) is 15.9. The average molecular weight is 322 g/mol. The smallest absolute Gasteiger partial charge is 0.252 e. The predicted octanol–water partition coefficient (Wildman–Crippen LogP) is 3.85. The van der Waals surface area contributed by atoms with Crippen LogP contribution >= 0.6 is 11.3 Å². The lowest BCUT2D eigenvalue weighted by atomic mass is 10.0. The number of amides is 1. The van der Waals surface area contributed by atoms with E-state index < -0.39 is 0 Å². The molecule has 1 aromatic rings. The quantitative estimate of drug-likeness (QED) is 0.845. The van der Waals surface area contributed by atoms with Gasteiger partial charge < -0.3 is 9.64 Å². The van der Waals surface area contributed by atoms with Crippen molar-refractivity contribution in [3.63, 3.8) is 0 Å². The molecule has 3 rings (SSSR count). The predicted molar refractivity (Wildman–Crippen MR) is 88.0 cm³/mol. The van der Waals surface area contributed by atoms with Crippen LogP contribution in [0.2, 0.25) is 0 Å². The molecule has 0 N–H and O–H groups in total. The molecular weight excluding hydrogens is 296 g/mol. The van der Waals surface area contributed by atoms with Gasteiger partial charge in [-0.3, -0.25) is 4.79 Å². The van der Waals surface area contributed by atoms with E-state index in [9.17, 15) is 4.79 Å². The third-order valence-electron chi connectivity index (χ3n) is 4.75. The second-order valence-corrected chi connectivity index (χ2v) is 7.44. The van der Waals surface area contributed by atoms with E-state index >= 15 is 0 Å². The van der Waals surface area contributed by atoms with Crippen molar-refractivity contribution in [1.82, 2.24) is 9.88 Å². The van der Waals surface area contributed by atoms with Crippen LogP contribution in [0, 0.1) is 6.92 Å². The zero-order valence-corrected chi connectivity index (χ0v) is 14.4. The summed E-state index contributed by atoms with van der Waals surface area (Å²) in [4.78, 5) is 19.5. The van der Waals surface area contributed by atoms with Crippen molar-refractivity contribution < 1.29 is 9.53 Å². The molecule has 1 aliphatic heterocycles. The molecule has 22 heavy (non-hydrogen) atoms. The number of carbonyl (C=O) groups excluding carboxylic acids is 1. The third-order valence-corrected chi connectivity index (χ3v) is 5.82. The third kappa shape index (κ3) is 3.51. The van der Waals surface area contributed by atoms with Gasteiger partial charge in [0.2, 0.25) is 0 Å². The number of carbonyl (C=O) groups is 1. The van der Waals surface area contributed by atoms with Crippen molar-refractivity contribution in [2.45, 2.75) is 77.0 Å². The number of nitrogens with zero attached hydrogens (tertiary/aromatic N) is 2. The average Bonchev–Trinajstić information content (AvgIpc) is 3.18. The Morgan fingerprint density at radius 2 is 2.05 bits per heavy atom. The van der Waals surface area contributed by atoms with Gasteiger partial charge in [0.15, 0.2) is 0 Å². The molecule has 5 heteroatoms. The van der Waals surface area contributed by atoms with Crippen molar-refractivity contribution in [3.8, 4) is 0 Å². The lowest BCUT2D eigenvalue weighted by Crippen LogP contribution is -2.44. The molecule has 1 aromatic heterocycles. The number of piperidine rings is 1. The molecule has 1 amide bonds. The van der Waals surface area contributed by atoms with Crippen LogP contribution in [0.4, 0.5) is 0 Å². The Balaban J connectivity index is 1.67. The van der Waals surface area contributed by atoms with E-state index in [0.29, 0.717) is 0 Å². The molecule has 0 unspecified atom stereocenters. The lowest BCUT2D eigenvalue weighted by molar-refractivity contribution is -0.150. The van der Waals surface area contributed by atoms with Gasteiger partial charge in [-0.2, -0.15) is 0 Å². The van der Waals surface area contributed by atoms with E-state index in [1.165, 1.54) is 19.3 Å². The first-order valence-corrected chi connectivity index (χ1v) is 9.41. The van der Waals surface area contributed by atoms with Gasteiger partial charge in [-0.15, -0.1) is 11.3 Å². The van der Waals surface area contributed by atoms with Crippen LogP contribution in [0.5, 0.6) is 0 Å². The molecule has 1 aliphatic carbocycles. The van der Waals surface area contributed by atoms with Crippen LogP contribution in [0.15, 0.2) is 5.38 Å². The molecule has 1 saturated heterocycles. The number of aromatic nitrogens is 1. The number of hydrogen-bond donors (Lipinski definition) is 0. The van der Waals surface area contributed by atoms with Crippen LogP contribution < -0.4 is 0 Å². The summed E-state index contributed by atoms with van der Waals surface area (Å²) in [5, 5.41) is 3.16. The molecule has 2 fully saturated rings. The minimum absolute atomic E-state index is 0.143. The zero-order chi connectivity index (χ0) is 15.5. The SMILES string of the molecule is Cc1csc([C@H]2CCCCN2C(=O)[C@@H](C)OC2CCCC2)n1. The highest BCUT2D eigenvalue weighted by Gasteiger charge is 2.33. The number of ether oxygens (including phenoxy) is 1. The number of hydrogen-bond acceptors (Lipinski definition) is 4. The summed E-state index contributed by atoms with van der Waals surface area (Å²) in [6.07, 6.45) is 7.91. The lowest BCUT2D eigenvalue weighted by Gasteiger charge is -2.36. The molecule has 0 aromatic carbocycles. The molecule has 0 bridgehead atoms. The minimum Gasteiger partial charge on any atom is -0.365 e. The Hall–Kier alpha value is -0.940. The summed E-state index contributed by atoms with van der Waals surface area (Å²) in [6, 6.07) is 0.148. The van der Waals surface area contributed by atoms with Crippen LogP contribution in [-0.4, -0.2) is 34.5 Å². The van der Waals surface area contributed by atoms with Gasteiger partial charge in [-0.25, -0.2) is 4.98 Å². The van der Waals surface area contributed by atoms with Gasteiger partial charge in [0.05, 0.1) is 12.1 Å². The fourth-order valence-electron chi connectivity index (χ4n) is 3.58. The molecule has 2 atom stereocenters. The molecule has 0 spiro atoms. The highest BCUT2D eigenvalue weighted by molar-refractivity contribution is 7.09. The first-order valence-electron chi connectivity index (χ1n) is 8.53. The van der Waals surface area contributed by atoms with Crippen LogP contribution in [-0.2, 0) is 9.53 Å². The summed E-state index contributed by atoms with van der Waals surface area (Å²) >= 11 is 1.68. The Labute approximate surface area is 136 Å². The largest absolute Gasteiger partial charge is 0.365 e. The topological polar surface area (TPSA) is 42.4 Å². The molecule has 0 radical (unpaired) electrons. The first-order chi connectivity index (χ1) is 10.6. The Morgan fingerprint density at radius 3 is 2.73 bits per heavy atom. The molecule has 2 heterocycles. The second kappa shape index (κ2) is 7.09. The Kier molecular flexibility index (Phi) is 5.14. The number of thiazole rings is 1. The molecular formula is C17H26N2O2S. The summed E-state index contributed by atoms with van der Waals surface area (Å²) < 4.78 is 6.01. The second-order valence-electron chi connectivity index (χ2n) is 6.56. The van der Waals surface area contributed by atoms with Crippen molar-refractivity contribution in [2.75, 3.05) is 6.54 Å². The fourth-order valence-corrected chi connectivity index (χ4v) is 4.53. The maximum absolute atomic E-state index is 12.9. The van der Waals surface area contributed by atoms with E-state index in [2.05, 4.69) is 10.4 Å². The summed E-state index contributed by atoms with van der Waals surface area (Å²) in [5.74, 6) is 0.143. The maximum Gasteiger partial charge on any atom is 0.252 e. The molecule has 122 valence electrons. The Morgan fingerprint density at radius 1 is 1.32 bits per heavy atom. The minimum atomic E-state index is -0.329. The monoisotopic (exact) mass is 322 g/mol. The van der Waals surface area contributed by atoms with Gasteiger partial charge in [0.1, 0.15) is 11.1 Å². The van der Waals surface area contributed by atoms with Crippen molar-refractivity contribution in [1.29, 1.82) is 0 Å². The Bertz CT molecular complexity index is 511. The summed E-state index contributed by atoms with van der Waals surface area (Å²) in [5.41, 5.74) is 1.05. The molecule has 4 nitrogen and oxygen atoms in total. The van der Waals surface area contributed by atoms with Crippen molar-refractivity contribution in [2.24, 2.45) is 0 Å². The standard InChI is InChI=1S/C17H26N2O2S/c1-12-11-22-16(18-12)15-9-5-6-10-19(15)17(20)13(2)21-14-7-3-4-8-14/h11,13-15H,3-10H2,1-2H3/t13-,15-/m1/s1. The van der Waals surface area contributed by atoms with E-state index in [1.54, 1.807) is 11.3 Å². The van der Waals surface area contributed by atoms with Gasteiger partial charge in [-0.05, 0) is 46.0 Å². The van der Waals surface area contributed by atoms with E-state index in [4.69, 9.17) is 4.74 Å². The normalized spacial score (nSPS) is 24.6. The van der Waals surface area contributed by atoms with Crippen LogP contribution in [0.1, 0.15) is 68.6 Å². The summed E-state index contributed by atoms with van der Waals surface area (Å²) in [7, 11) is 0. The van der Waals surface area contributed by atoms with Gasteiger partial charge in [0.25, 0.3) is 5.91 Å². The number of rotatable bonds is 4. The fraction of sp³-hybridized carbons (Fsp3) is 0.765. The van der Waals surface area contributed by atoms with E-state index in [-0.39, 0.29) is 24.2 Å². The van der Waals surface area contributed by atoms with E-state index in [0.717, 1.165) is 42.9 Å². The number of likely N-dealkylation sites (tertiary alicyclic amines) is 1. The van der Waals surface area contributed by atoms with Gasteiger partial charge in [0, 0.05) is 17.6 Å². The highest BCUT2D eigenvalue weighted by atomic mass is 32.1. The number of aryl methyl sites for hydroxylation is 1. The van der Waals surface area contributed by atoms with E-state index in [1.807, 2.05) is 18.7 Å².